The first kappa shape index (κ1) is 16.0. The summed E-state index contributed by atoms with van der Waals surface area (Å²) >= 11 is 12.6. The average molecular weight is 359 g/mol. The molecule has 23 heavy (non-hydrogen) atoms. The molecule has 0 atom stereocenters. The van der Waals surface area contributed by atoms with E-state index in [1.807, 2.05) is 0 Å². The number of para-hydroxylation sites is 1. The van der Waals surface area contributed by atoms with Gasteiger partial charge in [0.1, 0.15) is 23.7 Å². The molecule has 0 fully saturated rings. The van der Waals surface area contributed by atoms with Crippen LogP contribution in [0.1, 0.15) is 5.82 Å². The molecule has 0 aliphatic rings. The number of nitrogens with one attached hydrogen (secondary N) is 1. The molecule has 2 aromatic carbocycles. The second kappa shape index (κ2) is 6.31. The van der Waals surface area contributed by atoms with E-state index < -0.39 is 6.61 Å². The highest BCUT2D eigenvalue weighted by Gasteiger charge is 2.20. The molecule has 0 unspecified atom stereocenters. The lowest BCUT2D eigenvalue weighted by atomic mass is 10.0. The number of aromatic amines is 1. The molecule has 3 aromatic rings. The maximum atomic E-state index is 12.6. The van der Waals surface area contributed by atoms with E-state index in [-0.39, 0.29) is 22.4 Å². The molecule has 0 bridgehead atoms. The molecule has 0 saturated carbocycles. The first-order valence-corrected chi connectivity index (χ1v) is 7.28. The lowest BCUT2D eigenvalue weighted by Crippen LogP contribution is -2.03. The van der Waals surface area contributed by atoms with Crippen LogP contribution in [0.5, 0.6) is 5.75 Å². The Bertz CT molecular complexity index is 868. The molecule has 1 aromatic heterocycles. The highest BCUT2D eigenvalue weighted by Crippen LogP contribution is 2.43. The van der Waals surface area contributed by atoms with Gasteiger partial charge in [-0.2, -0.15) is 8.78 Å². The van der Waals surface area contributed by atoms with Crippen LogP contribution in [-0.2, 0) is 6.61 Å². The first-order valence-electron chi connectivity index (χ1n) is 6.53. The van der Waals surface area contributed by atoms with E-state index in [1.165, 1.54) is 6.07 Å². The van der Waals surface area contributed by atoms with Crippen molar-refractivity contribution < 1.29 is 18.6 Å². The zero-order valence-corrected chi connectivity index (χ0v) is 13.0. The number of alkyl halides is 2. The Morgan fingerprint density at radius 1 is 1.26 bits per heavy atom. The van der Waals surface area contributed by atoms with Crippen LogP contribution in [-0.4, -0.2) is 21.7 Å². The van der Waals surface area contributed by atoms with Crippen molar-refractivity contribution in [3.8, 4) is 16.9 Å². The zero-order chi connectivity index (χ0) is 16.6. The summed E-state index contributed by atoms with van der Waals surface area (Å²) in [5.74, 6) is 0.288. The summed E-state index contributed by atoms with van der Waals surface area (Å²) in [6.45, 7) is -3.26. The predicted molar refractivity (Wildman–Crippen MR) is 84.1 cm³/mol. The minimum atomic E-state index is -2.97. The minimum Gasteiger partial charge on any atom is -0.434 e. The Balaban J connectivity index is 2.24. The smallest absolute Gasteiger partial charge is 0.387 e. The highest BCUT2D eigenvalue weighted by atomic mass is 35.5. The lowest BCUT2D eigenvalue weighted by molar-refractivity contribution is -0.0494. The number of rotatable bonds is 4. The SMILES string of the molecule is OCc1nc2c(Cl)c(-c3ccccc3OC(F)F)c(Cl)cc2[nH]1. The number of ether oxygens (including phenoxy) is 1. The highest BCUT2D eigenvalue weighted by molar-refractivity contribution is 6.42. The number of nitrogens with zero attached hydrogens (tertiary/aromatic N) is 1. The van der Waals surface area contributed by atoms with E-state index in [2.05, 4.69) is 14.7 Å². The third-order valence-electron chi connectivity index (χ3n) is 3.24. The number of imidazole rings is 1. The predicted octanol–water partition coefficient (Wildman–Crippen LogP) is 4.63. The van der Waals surface area contributed by atoms with Gasteiger partial charge in [0.2, 0.25) is 0 Å². The number of halogens is 4. The zero-order valence-electron chi connectivity index (χ0n) is 11.5. The van der Waals surface area contributed by atoms with Crippen LogP contribution in [0.25, 0.3) is 22.2 Å². The largest absolute Gasteiger partial charge is 0.434 e. The molecular weight excluding hydrogens is 349 g/mol. The fourth-order valence-electron chi connectivity index (χ4n) is 2.33. The summed E-state index contributed by atoms with van der Waals surface area (Å²) in [5.41, 5.74) is 1.60. The van der Waals surface area contributed by atoms with Crippen molar-refractivity contribution in [3.63, 3.8) is 0 Å². The molecule has 8 heteroatoms. The summed E-state index contributed by atoms with van der Waals surface area (Å²) in [6, 6.07) is 7.79. The Morgan fingerprint density at radius 3 is 2.70 bits per heavy atom. The van der Waals surface area contributed by atoms with Gasteiger partial charge in [0.05, 0.1) is 15.6 Å². The van der Waals surface area contributed by atoms with Gasteiger partial charge in [0, 0.05) is 11.1 Å². The minimum absolute atomic E-state index is 0.0384. The number of hydrogen-bond donors (Lipinski definition) is 2. The summed E-state index contributed by atoms with van der Waals surface area (Å²) in [5, 5.41) is 9.59. The number of aliphatic hydroxyl groups excluding tert-OH is 1. The third-order valence-corrected chi connectivity index (χ3v) is 3.91. The Kier molecular flexibility index (Phi) is 4.39. The van der Waals surface area contributed by atoms with E-state index >= 15 is 0 Å². The molecule has 3 rings (SSSR count). The fraction of sp³-hybridized carbons (Fsp3) is 0.133. The molecule has 2 N–H and O–H groups in total. The van der Waals surface area contributed by atoms with Gasteiger partial charge in [0.25, 0.3) is 0 Å². The topological polar surface area (TPSA) is 58.1 Å². The van der Waals surface area contributed by atoms with E-state index in [0.29, 0.717) is 28.0 Å². The van der Waals surface area contributed by atoms with E-state index in [9.17, 15) is 8.78 Å². The first-order chi connectivity index (χ1) is 11.0. The maximum absolute atomic E-state index is 12.6. The van der Waals surface area contributed by atoms with E-state index in [0.717, 1.165) is 0 Å². The average Bonchev–Trinajstić information content (AvgIpc) is 2.91. The molecule has 0 spiro atoms. The Labute approximate surface area is 139 Å². The number of hydrogen-bond acceptors (Lipinski definition) is 3. The van der Waals surface area contributed by atoms with Gasteiger partial charge >= 0.3 is 6.61 Å². The number of H-pyrrole nitrogens is 1. The molecular formula is C15H10Cl2F2N2O2. The molecule has 0 amide bonds. The quantitative estimate of drug-likeness (QED) is 0.714. The second-order valence-corrected chi connectivity index (χ2v) is 5.44. The number of aromatic nitrogens is 2. The number of fused-ring (bicyclic) bond motifs is 1. The normalized spacial score (nSPS) is 11.4. The van der Waals surface area contributed by atoms with Crippen molar-refractivity contribution in [3.05, 3.63) is 46.2 Å². The lowest BCUT2D eigenvalue weighted by Gasteiger charge is -2.13. The maximum Gasteiger partial charge on any atom is 0.387 e. The summed E-state index contributed by atoms with van der Waals surface area (Å²) in [6.07, 6.45) is 0. The van der Waals surface area contributed by atoms with Crippen molar-refractivity contribution in [2.45, 2.75) is 13.2 Å². The van der Waals surface area contributed by atoms with Crippen LogP contribution in [0, 0.1) is 0 Å². The van der Waals surface area contributed by atoms with Crippen LogP contribution in [0.4, 0.5) is 8.78 Å². The van der Waals surface area contributed by atoms with Gasteiger partial charge in [-0.15, -0.1) is 0 Å². The molecule has 120 valence electrons. The van der Waals surface area contributed by atoms with Crippen LogP contribution in [0.2, 0.25) is 10.0 Å². The number of benzene rings is 2. The van der Waals surface area contributed by atoms with Crippen LogP contribution < -0.4 is 4.74 Å². The Morgan fingerprint density at radius 2 is 2.00 bits per heavy atom. The van der Waals surface area contributed by atoms with Gasteiger partial charge < -0.3 is 14.8 Å². The monoisotopic (exact) mass is 358 g/mol. The summed E-state index contributed by atoms with van der Waals surface area (Å²) < 4.78 is 29.7. The molecule has 0 aliphatic carbocycles. The summed E-state index contributed by atoms with van der Waals surface area (Å²) in [7, 11) is 0. The standard InChI is InChI=1S/C15H10Cl2F2N2O2/c16-8-5-9-14(21-11(6-22)20-9)13(17)12(8)7-3-1-2-4-10(7)23-15(18)19/h1-5,15,22H,6H2,(H,20,21). The molecule has 0 saturated heterocycles. The van der Waals surface area contributed by atoms with E-state index in [1.54, 1.807) is 24.3 Å². The summed E-state index contributed by atoms with van der Waals surface area (Å²) in [4.78, 5) is 7.03. The van der Waals surface area contributed by atoms with Crippen LogP contribution >= 0.6 is 23.2 Å². The van der Waals surface area contributed by atoms with Crippen LogP contribution in [0.3, 0.4) is 0 Å². The molecule has 4 nitrogen and oxygen atoms in total. The van der Waals surface area contributed by atoms with Crippen molar-refractivity contribution >= 4 is 34.2 Å². The van der Waals surface area contributed by atoms with Crippen LogP contribution in [0.15, 0.2) is 30.3 Å². The third kappa shape index (κ3) is 2.97. The van der Waals surface area contributed by atoms with Crippen molar-refractivity contribution in [1.29, 1.82) is 0 Å². The van der Waals surface area contributed by atoms with E-state index in [4.69, 9.17) is 28.3 Å². The van der Waals surface area contributed by atoms with Crippen molar-refractivity contribution in [2.24, 2.45) is 0 Å². The second-order valence-electron chi connectivity index (χ2n) is 4.66. The van der Waals surface area contributed by atoms with Gasteiger partial charge in [-0.25, -0.2) is 4.98 Å². The molecule has 0 aliphatic heterocycles. The molecule has 1 heterocycles. The fourth-order valence-corrected chi connectivity index (χ4v) is 3.03. The van der Waals surface area contributed by atoms with Gasteiger partial charge in [-0.05, 0) is 12.1 Å². The van der Waals surface area contributed by atoms with Gasteiger partial charge in [-0.1, -0.05) is 41.4 Å². The van der Waals surface area contributed by atoms with Crippen molar-refractivity contribution in [1.82, 2.24) is 9.97 Å². The molecule has 0 radical (unpaired) electrons. The van der Waals surface area contributed by atoms with Crippen molar-refractivity contribution in [2.75, 3.05) is 0 Å². The Hall–Kier alpha value is -1.89. The van der Waals surface area contributed by atoms with Gasteiger partial charge in [-0.3, -0.25) is 0 Å². The van der Waals surface area contributed by atoms with Gasteiger partial charge in [0.15, 0.2) is 0 Å². The number of aliphatic hydroxyl groups is 1.